The molecule has 2 atom stereocenters. The SMILES string of the molecule is CC[C@H](O)C1CCN(C(=O)C[C@@]2(c3ccc(OC)cc3)CC(=O)N(CCC(C)C)C2=O)CC1. The number of rotatable bonds is 9. The van der Waals surface area contributed by atoms with Gasteiger partial charge < -0.3 is 14.7 Å². The average molecular weight is 459 g/mol. The van der Waals surface area contributed by atoms with Crippen molar-refractivity contribution in [2.75, 3.05) is 26.7 Å². The molecule has 7 heteroatoms. The third-order valence-corrected chi connectivity index (χ3v) is 7.29. The highest BCUT2D eigenvalue weighted by Gasteiger charge is 2.54. The first-order valence-electron chi connectivity index (χ1n) is 12.2. The fraction of sp³-hybridized carbons (Fsp3) is 0.654. The highest BCUT2D eigenvalue weighted by Crippen LogP contribution is 2.41. The number of carbonyl (C=O) groups is 3. The number of ether oxygens (including phenoxy) is 1. The van der Waals surface area contributed by atoms with Gasteiger partial charge in [-0.15, -0.1) is 0 Å². The fourth-order valence-corrected chi connectivity index (χ4v) is 5.03. The molecule has 2 heterocycles. The number of nitrogens with zero attached hydrogens (tertiary/aromatic N) is 2. The molecule has 2 aliphatic heterocycles. The minimum absolute atomic E-state index is 0.00696. The molecule has 3 amide bonds. The maximum Gasteiger partial charge on any atom is 0.240 e. The first kappa shape index (κ1) is 25.2. The molecule has 2 saturated heterocycles. The van der Waals surface area contributed by atoms with Crippen LogP contribution in [0.5, 0.6) is 5.75 Å². The van der Waals surface area contributed by atoms with Gasteiger partial charge >= 0.3 is 0 Å². The van der Waals surface area contributed by atoms with Crippen LogP contribution in [-0.4, -0.2) is 65.5 Å². The summed E-state index contributed by atoms with van der Waals surface area (Å²) in [5.41, 5.74) is -0.504. The van der Waals surface area contributed by atoms with E-state index in [-0.39, 0.29) is 42.6 Å². The van der Waals surface area contributed by atoms with Crippen LogP contribution in [0.3, 0.4) is 0 Å². The topological polar surface area (TPSA) is 87.2 Å². The molecule has 1 aromatic rings. The molecule has 0 unspecified atom stereocenters. The van der Waals surface area contributed by atoms with Crippen molar-refractivity contribution < 1.29 is 24.2 Å². The van der Waals surface area contributed by atoms with Gasteiger partial charge in [-0.25, -0.2) is 0 Å². The van der Waals surface area contributed by atoms with Gasteiger partial charge in [-0.05, 0) is 55.2 Å². The smallest absolute Gasteiger partial charge is 0.240 e. The van der Waals surface area contributed by atoms with Gasteiger partial charge in [-0.2, -0.15) is 0 Å². The van der Waals surface area contributed by atoms with Crippen LogP contribution < -0.4 is 4.74 Å². The maximum atomic E-state index is 13.7. The van der Waals surface area contributed by atoms with Crippen molar-refractivity contribution in [3.63, 3.8) is 0 Å². The summed E-state index contributed by atoms with van der Waals surface area (Å²) >= 11 is 0. The molecule has 182 valence electrons. The van der Waals surface area contributed by atoms with Crippen LogP contribution in [0.25, 0.3) is 0 Å². The van der Waals surface area contributed by atoms with Crippen LogP contribution in [0.2, 0.25) is 0 Å². The van der Waals surface area contributed by atoms with E-state index in [9.17, 15) is 19.5 Å². The number of likely N-dealkylation sites (tertiary alicyclic amines) is 2. The minimum atomic E-state index is -1.18. The van der Waals surface area contributed by atoms with Crippen LogP contribution >= 0.6 is 0 Å². The molecule has 0 aliphatic carbocycles. The molecule has 2 aliphatic rings. The Bertz CT molecular complexity index is 845. The molecular formula is C26H38N2O5. The molecule has 0 saturated carbocycles. The molecule has 2 fully saturated rings. The Morgan fingerprint density at radius 2 is 1.82 bits per heavy atom. The zero-order valence-corrected chi connectivity index (χ0v) is 20.4. The van der Waals surface area contributed by atoms with E-state index >= 15 is 0 Å². The number of piperidine rings is 1. The summed E-state index contributed by atoms with van der Waals surface area (Å²) in [5.74, 6) is 0.628. The third kappa shape index (κ3) is 5.40. The Balaban J connectivity index is 1.83. The molecule has 0 bridgehead atoms. The largest absolute Gasteiger partial charge is 0.497 e. The lowest BCUT2D eigenvalue weighted by molar-refractivity contribution is -0.143. The van der Waals surface area contributed by atoms with Crippen molar-refractivity contribution in [3.8, 4) is 5.75 Å². The standard InChI is InChI=1S/C26H38N2O5/c1-5-22(29)19-11-13-27(14-12-19)23(30)16-26(20-6-8-21(33-4)9-7-20)17-24(31)28(25(26)32)15-10-18(2)3/h6-9,18-19,22,29H,5,10-17H2,1-4H3/t22-,26-/m0/s1. The zero-order valence-electron chi connectivity index (χ0n) is 20.4. The van der Waals surface area contributed by atoms with Gasteiger partial charge in [0.05, 0.1) is 18.6 Å². The van der Waals surface area contributed by atoms with Crippen LogP contribution in [-0.2, 0) is 19.8 Å². The second-order valence-corrected chi connectivity index (χ2v) is 9.89. The Kier molecular flexibility index (Phi) is 8.16. The van der Waals surface area contributed by atoms with E-state index in [0.717, 1.165) is 19.3 Å². The molecule has 1 aromatic carbocycles. The van der Waals surface area contributed by atoms with Gasteiger partial charge in [0.2, 0.25) is 17.7 Å². The van der Waals surface area contributed by atoms with Crippen LogP contribution in [0.1, 0.15) is 64.9 Å². The van der Waals surface area contributed by atoms with Crippen molar-refractivity contribution in [2.45, 2.75) is 70.8 Å². The normalized spacial score (nSPS) is 22.8. The second-order valence-electron chi connectivity index (χ2n) is 9.89. The van der Waals surface area contributed by atoms with E-state index in [1.807, 2.05) is 6.92 Å². The third-order valence-electron chi connectivity index (χ3n) is 7.29. The summed E-state index contributed by atoms with van der Waals surface area (Å²) in [5, 5.41) is 10.2. The lowest BCUT2D eigenvalue weighted by atomic mass is 9.75. The summed E-state index contributed by atoms with van der Waals surface area (Å²) in [7, 11) is 1.57. The van der Waals surface area contributed by atoms with E-state index in [2.05, 4.69) is 13.8 Å². The van der Waals surface area contributed by atoms with Crippen molar-refractivity contribution in [3.05, 3.63) is 29.8 Å². The molecule has 1 N–H and O–H groups in total. The number of carbonyl (C=O) groups excluding carboxylic acids is 3. The van der Waals surface area contributed by atoms with Gasteiger partial charge in [0.15, 0.2) is 0 Å². The van der Waals surface area contributed by atoms with E-state index in [4.69, 9.17) is 4.74 Å². The van der Waals surface area contributed by atoms with Gasteiger partial charge in [0, 0.05) is 32.5 Å². The molecule has 0 radical (unpaired) electrons. The fourth-order valence-electron chi connectivity index (χ4n) is 5.03. The number of amides is 3. The van der Waals surface area contributed by atoms with E-state index in [0.29, 0.717) is 43.3 Å². The van der Waals surface area contributed by atoms with Gasteiger partial charge in [-0.3, -0.25) is 19.3 Å². The number of imide groups is 1. The van der Waals surface area contributed by atoms with Crippen LogP contribution in [0.4, 0.5) is 0 Å². The molecule has 0 aromatic heterocycles. The lowest BCUT2D eigenvalue weighted by Gasteiger charge is -2.36. The van der Waals surface area contributed by atoms with Gasteiger partial charge in [-0.1, -0.05) is 32.9 Å². The van der Waals surface area contributed by atoms with E-state index in [1.54, 1.807) is 36.3 Å². The zero-order chi connectivity index (χ0) is 24.2. The molecule has 0 spiro atoms. The Morgan fingerprint density at radius 3 is 2.36 bits per heavy atom. The highest BCUT2D eigenvalue weighted by atomic mass is 16.5. The molecule has 33 heavy (non-hydrogen) atoms. The second kappa shape index (κ2) is 10.7. The summed E-state index contributed by atoms with van der Waals surface area (Å²) < 4.78 is 5.26. The number of aliphatic hydroxyl groups is 1. The predicted molar refractivity (Wildman–Crippen MR) is 126 cm³/mol. The summed E-state index contributed by atoms with van der Waals surface area (Å²) in [6.45, 7) is 7.60. The van der Waals surface area contributed by atoms with Crippen LogP contribution in [0.15, 0.2) is 24.3 Å². The monoisotopic (exact) mass is 458 g/mol. The Morgan fingerprint density at radius 1 is 1.18 bits per heavy atom. The summed E-state index contributed by atoms with van der Waals surface area (Å²) in [6, 6.07) is 7.14. The van der Waals surface area contributed by atoms with Crippen LogP contribution in [0, 0.1) is 11.8 Å². The Labute approximate surface area is 197 Å². The van der Waals surface area contributed by atoms with Gasteiger partial charge in [0.1, 0.15) is 5.75 Å². The number of aliphatic hydroxyl groups excluding tert-OH is 1. The van der Waals surface area contributed by atoms with Crippen molar-refractivity contribution in [1.82, 2.24) is 9.80 Å². The van der Waals surface area contributed by atoms with Gasteiger partial charge in [0.25, 0.3) is 0 Å². The quantitative estimate of drug-likeness (QED) is 0.575. The summed E-state index contributed by atoms with van der Waals surface area (Å²) in [4.78, 5) is 43.1. The molecule has 3 rings (SSSR count). The number of hydrogen-bond acceptors (Lipinski definition) is 5. The first-order valence-corrected chi connectivity index (χ1v) is 12.2. The lowest BCUT2D eigenvalue weighted by Crippen LogP contribution is -2.46. The average Bonchev–Trinajstić information content (AvgIpc) is 3.06. The molecular weight excluding hydrogens is 420 g/mol. The number of benzene rings is 1. The summed E-state index contributed by atoms with van der Waals surface area (Å²) in [6.07, 6.45) is 2.60. The first-order chi connectivity index (χ1) is 15.7. The number of hydrogen-bond donors (Lipinski definition) is 1. The van der Waals surface area contributed by atoms with E-state index < -0.39 is 5.41 Å². The van der Waals surface area contributed by atoms with Crippen molar-refractivity contribution in [1.29, 1.82) is 0 Å². The van der Waals surface area contributed by atoms with E-state index in [1.165, 1.54) is 4.90 Å². The Hall–Kier alpha value is -2.41. The minimum Gasteiger partial charge on any atom is -0.497 e. The molecule has 7 nitrogen and oxygen atoms in total. The maximum absolute atomic E-state index is 13.7. The number of methoxy groups -OCH3 is 1. The highest BCUT2D eigenvalue weighted by molar-refractivity contribution is 6.10. The van der Waals surface area contributed by atoms with Crippen molar-refractivity contribution >= 4 is 17.7 Å². The predicted octanol–water partition coefficient (Wildman–Crippen LogP) is 3.14. The van der Waals surface area contributed by atoms with Crippen molar-refractivity contribution in [2.24, 2.45) is 11.8 Å².